The first kappa shape index (κ1) is 22.5. The third-order valence-electron chi connectivity index (χ3n) is 6.53. The molecule has 0 aromatic carbocycles. The number of carbonyl (C=O) groups excluding carboxylic acids is 2. The molecule has 3 aromatic rings. The Labute approximate surface area is 197 Å². The summed E-state index contributed by atoms with van der Waals surface area (Å²) in [5, 5.41) is 29.6. The molecule has 2 N–H and O–H groups in total. The number of carbonyl (C=O) groups is 2. The van der Waals surface area contributed by atoms with Crippen molar-refractivity contribution in [2.45, 2.75) is 70.7 Å². The summed E-state index contributed by atoms with van der Waals surface area (Å²) in [4.78, 5) is 28.4. The zero-order chi connectivity index (χ0) is 24.0. The minimum atomic E-state index is -0.758. The molecule has 0 bridgehead atoms. The molecular formula is C23H30N8O3. The van der Waals surface area contributed by atoms with E-state index < -0.39 is 23.6 Å². The SMILES string of the molecule is CC(C)(C)[C@@H](C(=O)N1C[C@H](O)C[C@H]1C(=O)NCc1ccc2nncn2c1)n1cc(C2CC2)nn1. The molecule has 11 heteroatoms. The van der Waals surface area contributed by atoms with Crippen LogP contribution in [-0.2, 0) is 16.1 Å². The smallest absolute Gasteiger partial charge is 0.248 e. The Morgan fingerprint density at radius 3 is 2.74 bits per heavy atom. The van der Waals surface area contributed by atoms with Gasteiger partial charge in [0.25, 0.3) is 0 Å². The number of pyridine rings is 1. The molecule has 0 unspecified atom stereocenters. The molecule has 4 heterocycles. The summed E-state index contributed by atoms with van der Waals surface area (Å²) in [5.74, 6) is -0.102. The topological polar surface area (TPSA) is 131 Å². The lowest BCUT2D eigenvalue weighted by molar-refractivity contribution is -0.144. The number of aliphatic hydroxyl groups excluding tert-OH is 1. The van der Waals surface area contributed by atoms with Gasteiger partial charge in [-0.05, 0) is 29.9 Å². The van der Waals surface area contributed by atoms with E-state index in [1.165, 1.54) is 4.90 Å². The van der Waals surface area contributed by atoms with Crippen molar-refractivity contribution in [1.29, 1.82) is 0 Å². The van der Waals surface area contributed by atoms with Crippen molar-refractivity contribution in [3.63, 3.8) is 0 Å². The molecule has 3 aromatic heterocycles. The highest BCUT2D eigenvalue weighted by Crippen LogP contribution is 2.40. The molecule has 5 rings (SSSR count). The summed E-state index contributed by atoms with van der Waals surface area (Å²) in [6, 6.07) is 2.31. The first-order chi connectivity index (χ1) is 16.2. The highest BCUT2D eigenvalue weighted by molar-refractivity contribution is 5.90. The van der Waals surface area contributed by atoms with Gasteiger partial charge in [-0.15, -0.1) is 15.3 Å². The van der Waals surface area contributed by atoms with Gasteiger partial charge >= 0.3 is 0 Å². The summed E-state index contributed by atoms with van der Waals surface area (Å²) in [6.07, 6.45) is 6.93. The molecule has 180 valence electrons. The minimum absolute atomic E-state index is 0.111. The third-order valence-corrected chi connectivity index (χ3v) is 6.53. The summed E-state index contributed by atoms with van der Waals surface area (Å²) in [6.45, 7) is 6.31. The van der Waals surface area contributed by atoms with Gasteiger partial charge in [-0.3, -0.25) is 14.0 Å². The quantitative estimate of drug-likeness (QED) is 0.555. The number of aromatic nitrogens is 6. The molecule has 1 aliphatic heterocycles. The molecule has 11 nitrogen and oxygen atoms in total. The Balaban J connectivity index is 1.32. The number of β-amino-alcohol motifs (C(OH)–C–C–N with tert-alkyl or cyclic N) is 1. The number of fused-ring (bicyclic) bond motifs is 1. The van der Waals surface area contributed by atoms with Crippen molar-refractivity contribution in [1.82, 2.24) is 39.8 Å². The van der Waals surface area contributed by atoms with Crippen LogP contribution in [0.4, 0.5) is 0 Å². The number of hydrogen-bond acceptors (Lipinski definition) is 7. The van der Waals surface area contributed by atoms with Gasteiger partial charge < -0.3 is 15.3 Å². The van der Waals surface area contributed by atoms with E-state index in [1.807, 2.05) is 45.3 Å². The van der Waals surface area contributed by atoms with Gasteiger partial charge in [0.15, 0.2) is 5.65 Å². The predicted molar refractivity (Wildman–Crippen MR) is 121 cm³/mol. The number of nitrogens with zero attached hydrogens (tertiary/aromatic N) is 7. The van der Waals surface area contributed by atoms with E-state index in [1.54, 1.807) is 15.4 Å². The van der Waals surface area contributed by atoms with Gasteiger partial charge in [0.05, 0.1) is 11.8 Å². The van der Waals surface area contributed by atoms with E-state index >= 15 is 0 Å². The fourth-order valence-corrected chi connectivity index (χ4v) is 4.61. The summed E-state index contributed by atoms with van der Waals surface area (Å²) in [7, 11) is 0. The average molecular weight is 467 g/mol. The number of amides is 2. The second kappa shape index (κ2) is 8.46. The molecule has 2 aliphatic rings. The van der Waals surface area contributed by atoms with Crippen LogP contribution < -0.4 is 5.32 Å². The number of nitrogens with one attached hydrogen (secondary N) is 1. The maximum absolute atomic E-state index is 13.8. The lowest BCUT2D eigenvalue weighted by Crippen LogP contribution is -2.50. The van der Waals surface area contributed by atoms with E-state index in [0.29, 0.717) is 5.92 Å². The zero-order valence-electron chi connectivity index (χ0n) is 19.6. The normalized spacial score (nSPS) is 21.7. The van der Waals surface area contributed by atoms with Gasteiger partial charge in [0.2, 0.25) is 11.8 Å². The van der Waals surface area contributed by atoms with Crippen molar-refractivity contribution in [3.05, 3.63) is 42.1 Å². The Bertz CT molecular complexity index is 1210. The van der Waals surface area contributed by atoms with Gasteiger partial charge in [0, 0.05) is 37.8 Å². The van der Waals surface area contributed by atoms with Crippen molar-refractivity contribution >= 4 is 17.5 Å². The second-order valence-electron chi connectivity index (χ2n) is 10.4. The van der Waals surface area contributed by atoms with Crippen LogP contribution in [0.25, 0.3) is 5.65 Å². The molecule has 2 fully saturated rings. The van der Waals surface area contributed by atoms with Crippen LogP contribution in [-0.4, -0.2) is 70.1 Å². The van der Waals surface area contributed by atoms with E-state index in [2.05, 4.69) is 25.8 Å². The van der Waals surface area contributed by atoms with Crippen molar-refractivity contribution < 1.29 is 14.7 Å². The Morgan fingerprint density at radius 1 is 1.21 bits per heavy atom. The standard InChI is InChI=1S/C23H30N8O3/c1-23(2,3)20(31-12-17(26-28-31)15-5-6-15)22(34)30-11-16(32)8-18(30)21(33)24-9-14-4-7-19-27-25-13-29(19)10-14/h4,7,10,12-13,15-16,18,20,32H,5-6,8-9,11H2,1-3H3,(H,24,33)/t16-,18+,20-/m1/s1. The first-order valence-corrected chi connectivity index (χ1v) is 11.7. The molecule has 1 aliphatic carbocycles. The molecular weight excluding hydrogens is 436 g/mol. The van der Waals surface area contributed by atoms with Crippen LogP contribution in [0, 0.1) is 5.41 Å². The largest absolute Gasteiger partial charge is 0.391 e. The number of rotatable bonds is 6. The van der Waals surface area contributed by atoms with Crippen molar-refractivity contribution in [3.8, 4) is 0 Å². The van der Waals surface area contributed by atoms with Crippen LogP contribution in [0.15, 0.2) is 30.9 Å². The molecule has 1 saturated carbocycles. The van der Waals surface area contributed by atoms with E-state index in [0.717, 1.165) is 29.7 Å². The summed E-state index contributed by atoms with van der Waals surface area (Å²) >= 11 is 0. The van der Waals surface area contributed by atoms with Crippen LogP contribution in [0.2, 0.25) is 0 Å². The molecule has 3 atom stereocenters. The maximum atomic E-state index is 13.8. The first-order valence-electron chi connectivity index (χ1n) is 11.7. The van der Waals surface area contributed by atoms with E-state index in [-0.39, 0.29) is 31.3 Å². The van der Waals surface area contributed by atoms with Gasteiger partial charge in [-0.25, -0.2) is 4.68 Å². The average Bonchev–Trinajstić information content (AvgIpc) is 3.17. The highest BCUT2D eigenvalue weighted by Gasteiger charge is 2.45. The minimum Gasteiger partial charge on any atom is -0.391 e. The molecule has 0 spiro atoms. The van der Waals surface area contributed by atoms with Gasteiger partial charge in [0.1, 0.15) is 18.4 Å². The maximum Gasteiger partial charge on any atom is 0.248 e. The van der Waals surface area contributed by atoms with Gasteiger partial charge in [-0.1, -0.05) is 32.1 Å². The fraction of sp³-hybridized carbons (Fsp3) is 0.565. The Kier molecular flexibility index (Phi) is 5.59. The number of aliphatic hydroxyl groups is 1. The van der Waals surface area contributed by atoms with Crippen LogP contribution >= 0.6 is 0 Å². The number of hydrogen-bond donors (Lipinski definition) is 2. The zero-order valence-corrected chi connectivity index (χ0v) is 19.6. The van der Waals surface area contributed by atoms with Crippen molar-refractivity contribution in [2.75, 3.05) is 6.54 Å². The van der Waals surface area contributed by atoms with Gasteiger partial charge in [-0.2, -0.15) is 0 Å². The summed E-state index contributed by atoms with van der Waals surface area (Å²) < 4.78 is 3.41. The lowest BCUT2D eigenvalue weighted by atomic mass is 9.85. The molecule has 0 radical (unpaired) electrons. The molecule has 34 heavy (non-hydrogen) atoms. The fourth-order valence-electron chi connectivity index (χ4n) is 4.61. The highest BCUT2D eigenvalue weighted by atomic mass is 16.3. The number of likely N-dealkylation sites (tertiary alicyclic amines) is 1. The third kappa shape index (κ3) is 4.39. The van der Waals surface area contributed by atoms with Crippen LogP contribution in [0.1, 0.15) is 63.3 Å². The monoisotopic (exact) mass is 466 g/mol. The predicted octanol–water partition coefficient (Wildman–Crippen LogP) is 1.06. The van der Waals surface area contributed by atoms with E-state index in [9.17, 15) is 14.7 Å². The summed E-state index contributed by atoms with van der Waals surface area (Å²) in [5.41, 5.74) is 2.04. The van der Waals surface area contributed by atoms with Crippen LogP contribution in [0.5, 0.6) is 0 Å². The second-order valence-corrected chi connectivity index (χ2v) is 10.4. The Morgan fingerprint density at radius 2 is 2.00 bits per heavy atom. The van der Waals surface area contributed by atoms with Crippen molar-refractivity contribution in [2.24, 2.45) is 5.41 Å². The lowest BCUT2D eigenvalue weighted by Gasteiger charge is -2.34. The molecule has 1 saturated heterocycles. The van der Waals surface area contributed by atoms with E-state index in [4.69, 9.17) is 0 Å². The Hall–Kier alpha value is -3.34. The molecule has 2 amide bonds. The van der Waals surface area contributed by atoms with Crippen LogP contribution in [0.3, 0.4) is 0 Å².